The van der Waals surface area contributed by atoms with Gasteiger partial charge < -0.3 is 10.5 Å². The molecule has 0 bridgehead atoms. The van der Waals surface area contributed by atoms with Crippen LogP contribution in [0.2, 0.25) is 5.02 Å². The maximum Gasteiger partial charge on any atom is 0.156 e. The van der Waals surface area contributed by atoms with Gasteiger partial charge in [0.1, 0.15) is 5.52 Å². The number of ether oxygens (including phenoxy) is 1. The van der Waals surface area contributed by atoms with Gasteiger partial charge in [-0.1, -0.05) is 11.6 Å². The van der Waals surface area contributed by atoms with E-state index in [1.165, 1.54) is 0 Å². The topological polar surface area (TPSA) is 61.0 Å². The van der Waals surface area contributed by atoms with Crippen molar-refractivity contribution in [2.24, 2.45) is 0 Å². The number of rotatable bonds is 2. The van der Waals surface area contributed by atoms with Gasteiger partial charge in [-0.15, -0.1) is 0 Å². The van der Waals surface area contributed by atoms with Crippen molar-refractivity contribution >= 4 is 44.3 Å². The maximum absolute atomic E-state index is 5.88. The average Bonchev–Trinajstić information content (AvgIpc) is 2.41. The van der Waals surface area contributed by atoms with E-state index in [-0.39, 0.29) is 0 Å². The van der Waals surface area contributed by atoms with Crippen molar-refractivity contribution in [3.63, 3.8) is 0 Å². The van der Waals surface area contributed by atoms with Crippen LogP contribution in [0, 0.1) is 0 Å². The van der Waals surface area contributed by atoms with Crippen molar-refractivity contribution < 1.29 is 4.74 Å². The summed E-state index contributed by atoms with van der Waals surface area (Å²) in [4.78, 5) is 8.58. The first kappa shape index (κ1) is 13.1. The Balaban J connectivity index is 2.06. The lowest BCUT2D eigenvalue weighted by molar-refractivity contribution is 0.489. The maximum atomic E-state index is 5.88. The molecule has 0 saturated carbocycles. The minimum atomic E-state index is 0.472. The molecule has 2 N–H and O–H groups in total. The second kappa shape index (κ2) is 5.26. The van der Waals surface area contributed by atoms with Gasteiger partial charge >= 0.3 is 0 Å². The van der Waals surface area contributed by atoms with Gasteiger partial charge in [0, 0.05) is 28.0 Å². The summed E-state index contributed by atoms with van der Waals surface area (Å²) < 4.78 is 6.68. The van der Waals surface area contributed by atoms with Crippen molar-refractivity contribution in [1.82, 2.24) is 9.97 Å². The Morgan fingerprint density at radius 2 is 1.95 bits per heavy atom. The first-order valence-electron chi connectivity index (χ1n) is 5.76. The summed E-state index contributed by atoms with van der Waals surface area (Å²) in [5.74, 6) is 1.13. The highest BCUT2D eigenvalue weighted by molar-refractivity contribution is 9.10. The number of benzene rings is 1. The van der Waals surface area contributed by atoms with Crippen molar-refractivity contribution in [3.05, 3.63) is 52.2 Å². The second-order valence-corrected chi connectivity index (χ2v) is 5.47. The van der Waals surface area contributed by atoms with Gasteiger partial charge in [0.15, 0.2) is 11.5 Å². The standard InChI is InChI=1S/C14H9BrClN3O/c15-8-5-11-14(19-7-8)13(3-4-18-11)20-12-2-1-9(16)6-10(12)17/h1-7H,17H2. The van der Waals surface area contributed by atoms with Crippen LogP contribution in [0.4, 0.5) is 5.69 Å². The van der Waals surface area contributed by atoms with E-state index in [1.807, 2.05) is 6.07 Å². The van der Waals surface area contributed by atoms with Crippen LogP contribution in [-0.2, 0) is 0 Å². The van der Waals surface area contributed by atoms with Crippen LogP contribution >= 0.6 is 27.5 Å². The van der Waals surface area contributed by atoms with Crippen molar-refractivity contribution in [2.45, 2.75) is 0 Å². The fourth-order valence-electron chi connectivity index (χ4n) is 1.79. The molecular weight excluding hydrogens is 342 g/mol. The molecule has 0 unspecified atom stereocenters. The van der Waals surface area contributed by atoms with Crippen LogP contribution in [0.5, 0.6) is 11.5 Å². The summed E-state index contributed by atoms with van der Waals surface area (Å²) in [7, 11) is 0. The van der Waals surface area contributed by atoms with Gasteiger partial charge in [0.2, 0.25) is 0 Å². The summed E-state index contributed by atoms with van der Waals surface area (Å²) in [6.45, 7) is 0. The molecule has 0 spiro atoms. The lowest BCUT2D eigenvalue weighted by atomic mass is 10.3. The monoisotopic (exact) mass is 349 g/mol. The van der Waals surface area contributed by atoms with Gasteiger partial charge in [-0.2, -0.15) is 0 Å². The van der Waals surface area contributed by atoms with Crippen LogP contribution < -0.4 is 10.5 Å². The first-order valence-corrected chi connectivity index (χ1v) is 6.94. The predicted molar refractivity (Wildman–Crippen MR) is 83.2 cm³/mol. The van der Waals surface area contributed by atoms with Crippen molar-refractivity contribution in [3.8, 4) is 11.5 Å². The van der Waals surface area contributed by atoms with Gasteiger partial charge in [-0.25, -0.2) is 4.98 Å². The van der Waals surface area contributed by atoms with Crippen LogP contribution in [-0.4, -0.2) is 9.97 Å². The highest BCUT2D eigenvalue weighted by atomic mass is 79.9. The summed E-state index contributed by atoms with van der Waals surface area (Å²) in [5.41, 5.74) is 7.77. The van der Waals surface area contributed by atoms with E-state index in [9.17, 15) is 0 Å². The van der Waals surface area contributed by atoms with E-state index in [1.54, 1.807) is 36.7 Å². The Labute approximate surface area is 128 Å². The second-order valence-electron chi connectivity index (χ2n) is 4.11. The first-order chi connectivity index (χ1) is 9.63. The third-order valence-electron chi connectivity index (χ3n) is 2.70. The van der Waals surface area contributed by atoms with E-state index in [4.69, 9.17) is 22.1 Å². The number of pyridine rings is 2. The van der Waals surface area contributed by atoms with Crippen LogP contribution in [0.25, 0.3) is 11.0 Å². The van der Waals surface area contributed by atoms with E-state index in [0.29, 0.717) is 27.7 Å². The molecule has 0 atom stereocenters. The van der Waals surface area contributed by atoms with Gasteiger partial charge in [-0.05, 0) is 40.2 Å². The number of halogens is 2. The molecule has 0 saturated heterocycles. The van der Waals surface area contributed by atoms with Gasteiger partial charge in [-0.3, -0.25) is 4.98 Å². The van der Waals surface area contributed by atoms with E-state index in [0.717, 1.165) is 9.99 Å². The number of nitrogens with zero attached hydrogens (tertiary/aromatic N) is 2. The van der Waals surface area contributed by atoms with Crippen molar-refractivity contribution in [1.29, 1.82) is 0 Å². The Kier molecular flexibility index (Phi) is 3.46. The molecule has 100 valence electrons. The van der Waals surface area contributed by atoms with Gasteiger partial charge in [0.25, 0.3) is 0 Å². The number of anilines is 1. The minimum absolute atomic E-state index is 0.472. The number of hydrogen-bond acceptors (Lipinski definition) is 4. The van der Waals surface area contributed by atoms with E-state index >= 15 is 0 Å². The summed E-state index contributed by atoms with van der Waals surface area (Å²) in [6, 6.07) is 8.71. The Morgan fingerprint density at radius 3 is 2.75 bits per heavy atom. The Bertz CT molecular complexity index is 794. The molecular formula is C14H9BrClN3O. The molecule has 0 amide bonds. The van der Waals surface area contributed by atoms with E-state index < -0.39 is 0 Å². The quantitative estimate of drug-likeness (QED) is 0.695. The van der Waals surface area contributed by atoms with Gasteiger partial charge in [0.05, 0.1) is 11.2 Å². The summed E-state index contributed by atoms with van der Waals surface area (Å²) >= 11 is 9.23. The van der Waals surface area contributed by atoms with Crippen LogP contribution in [0.15, 0.2) is 47.2 Å². The average molecular weight is 351 g/mol. The number of aromatic nitrogens is 2. The zero-order chi connectivity index (χ0) is 14.1. The zero-order valence-electron chi connectivity index (χ0n) is 10.2. The molecule has 0 fully saturated rings. The SMILES string of the molecule is Nc1cc(Cl)ccc1Oc1ccnc2cc(Br)cnc12. The largest absolute Gasteiger partial charge is 0.453 e. The third kappa shape index (κ3) is 2.55. The minimum Gasteiger partial charge on any atom is -0.453 e. The molecule has 2 heterocycles. The molecule has 0 aliphatic carbocycles. The summed E-state index contributed by atoms with van der Waals surface area (Å²) in [6.07, 6.45) is 3.36. The Morgan fingerprint density at radius 1 is 1.10 bits per heavy atom. The van der Waals surface area contributed by atoms with Crippen LogP contribution in [0.3, 0.4) is 0 Å². The fraction of sp³-hybridized carbons (Fsp3) is 0. The summed E-state index contributed by atoms with van der Waals surface area (Å²) in [5, 5.41) is 0.566. The number of hydrogen-bond donors (Lipinski definition) is 1. The number of nitrogens with two attached hydrogens (primary N) is 1. The third-order valence-corrected chi connectivity index (χ3v) is 3.37. The molecule has 0 radical (unpaired) electrons. The molecule has 0 aliphatic rings. The number of nitrogen functional groups attached to an aromatic ring is 1. The molecule has 3 aromatic rings. The Hall–Kier alpha value is -1.85. The highest BCUT2D eigenvalue weighted by Crippen LogP contribution is 2.32. The van der Waals surface area contributed by atoms with Crippen molar-refractivity contribution in [2.75, 3.05) is 5.73 Å². The molecule has 20 heavy (non-hydrogen) atoms. The van der Waals surface area contributed by atoms with Crippen LogP contribution in [0.1, 0.15) is 0 Å². The smallest absolute Gasteiger partial charge is 0.156 e. The molecule has 0 aliphatic heterocycles. The highest BCUT2D eigenvalue weighted by Gasteiger charge is 2.08. The molecule has 2 aromatic heterocycles. The molecule has 4 nitrogen and oxygen atoms in total. The normalized spacial score (nSPS) is 10.7. The lowest BCUT2D eigenvalue weighted by Gasteiger charge is -2.10. The zero-order valence-corrected chi connectivity index (χ0v) is 12.5. The molecule has 6 heteroatoms. The molecule has 1 aromatic carbocycles. The lowest BCUT2D eigenvalue weighted by Crippen LogP contribution is -1.94. The number of fused-ring (bicyclic) bond motifs is 1. The fourth-order valence-corrected chi connectivity index (χ4v) is 2.29. The predicted octanol–water partition coefficient (Wildman–Crippen LogP) is 4.42. The van der Waals surface area contributed by atoms with E-state index in [2.05, 4.69) is 25.9 Å². The molecule has 3 rings (SSSR count).